The second kappa shape index (κ2) is 6.19. The molecule has 22 heavy (non-hydrogen) atoms. The number of hydrogen-bond acceptors (Lipinski definition) is 4. The molecule has 0 aliphatic carbocycles. The molecular weight excluding hydrogens is 278 g/mol. The smallest absolute Gasteiger partial charge is 0.328 e. The zero-order valence-electron chi connectivity index (χ0n) is 14.5. The zero-order valence-corrected chi connectivity index (χ0v) is 14.5. The summed E-state index contributed by atoms with van der Waals surface area (Å²) in [6.07, 6.45) is 1.71. The molecule has 0 amide bonds. The second-order valence-corrected chi connectivity index (χ2v) is 6.66. The number of anilines is 1. The third-order valence-electron chi connectivity index (χ3n) is 4.66. The Morgan fingerprint density at radius 1 is 1.41 bits per heavy atom. The minimum absolute atomic E-state index is 0.117. The molecule has 4 nitrogen and oxygen atoms in total. The first-order valence-electron chi connectivity index (χ1n) is 7.90. The Labute approximate surface area is 133 Å². The Hall–Kier alpha value is -1.71. The summed E-state index contributed by atoms with van der Waals surface area (Å²) in [6.45, 7) is 8.65. The van der Waals surface area contributed by atoms with Crippen molar-refractivity contribution in [2.45, 2.75) is 58.0 Å². The van der Waals surface area contributed by atoms with Crippen molar-refractivity contribution in [3.63, 3.8) is 0 Å². The van der Waals surface area contributed by atoms with Crippen LogP contribution in [0, 0.1) is 0 Å². The Bertz CT molecular complexity index is 553. The van der Waals surface area contributed by atoms with E-state index >= 15 is 0 Å². The van der Waals surface area contributed by atoms with Gasteiger partial charge >= 0.3 is 5.97 Å². The maximum Gasteiger partial charge on any atom is 0.328 e. The monoisotopic (exact) mass is 305 g/mol. The lowest BCUT2D eigenvalue weighted by Gasteiger charge is -2.50. The van der Waals surface area contributed by atoms with Gasteiger partial charge in [-0.25, -0.2) is 4.79 Å². The van der Waals surface area contributed by atoms with Crippen molar-refractivity contribution in [2.75, 3.05) is 19.1 Å². The van der Waals surface area contributed by atoms with E-state index in [1.54, 1.807) is 7.11 Å². The molecule has 0 radical (unpaired) electrons. The highest BCUT2D eigenvalue weighted by molar-refractivity contribution is 5.82. The summed E-state index contributed by atoms with van der Waals surface area (Å²) in [5.74, 6) is 1.08. The van der Waals surface area contributed by atoms with E-state index in [4.69, 9.17) is 9.47 Å². The number of hydrogen-bond donors (Lipinski definition) is 0. The van der Waals surface area contributed by atoms with Crippen molar-refractivity contribution in [3.05, 3.63) is 23.8 Å². The number of rotatable bonds is 4. The average molecular weight is 305 g/mol. The molecular formula is C18H27NO3. The predicted molar refractivity (Wildman–Crippen MR) is 88.7 cm³/mol. The number of fused-ring (bicyclic) bond motifs is 1. The highest BCUT2D eigenvalue weighted by atomic mass is 16.5. The summed E-state index contributed by atoms with van der Waals surface area (Å²) in [6, 6.07) is 5.87. The summed E-state index contributed by atoms with van der Waals surface area (Å²) >= 11 is 0. The van der Waals surface area contributed by atoms with Crippen molar-refractivity contribution in [2.24, 2.45) is 0 Å². The quantitative estimate of drug-likeness (QED) is 0.794. The van der Waals surface area contributed by atoms with Crippen LogP contribution >= 0.6 is 0 Å². The van der Waals surface area contributed by atoms with Gasteiger partial charge in [-0.1, -0.05) is 19.9 Å². The molecule has 1 aromatic rings. The molecule has 4 heteroatoms. The van der Waals surface area contributed by atoms with Gasteiger partial charge in [0.05, 0.1) is 14.2 Å². The van der Waals surface area contributed by atoms with Crippen LogP contribution in [0.15, 0.2) is 18.2 Å². The summed E-state index contributed by atoms with van der Waals surface area (Å²) in [4.78, 5) is 14.5. The van der Waals surface area contributed by atoms with Crippen LogP contribution in [-0.4, -0.2) is 31.8 Å². The standard InChI is InChI=1S/C18H27NO3/c1-7-15(17(20)22-6)19-16-10-13(21-5)8-9-14(16)12(2)11-18(19,3)4/h8-10,12,15H,7,11H2,1-6H3/t12-,15+/m1/s1. The number of benzene rings is 1. The highest BCUT2D eigenvalue weighted by Gasteiger charge is 2.42. The fourth-order valence-corrected chi connectivity index (χ4v) is 3.74. The van der Waals surface area contributed by atoms with Crippen molar-refractivity contribution in [3.8, 4) is 5.75 Å². The third-order valence-corrected chi connectivity index (χ3v) is 4.66. The van der Waals surface area contributed by atoms with Crippen LogP contribution in [0.5, 0.6) is 5.75 Å². The average Bonchev–Trinajstić information content (AvgIpc) is 2.49. The minimum Gasteiger partial charge on any atom is -0.497 e. The van der Waals surface area contributed by atoms with Crippen LogP contribution in [0.4, 0.5) is 5.69 Å². The van der Waals surface area contributed by atoms with Crippen molar-refractivity contribution in [1.29, 1.82) is 0 Å². The largest absolute Gasteiger partial charge is 0.497 e. The van der Waals surface area contributed by atoms with E-state index in [1.165, 1.54) is 12.7 Å². The van der Waals surface area contributed by atoms with E-state index in [-0.39, 0.29) is 17.6 Å². The van der Waals surface area contributed by atoms with Crippen molar-refractivity contribution < 1.29 is 14.3 Å². The van der Waals surface area contributed by atoms with Gasteiger partial charge in [0, 0.05) is 17.3 Å². The predicted octanol–water partition coefficient (Wildman–Crippen LogP) is 3.74. The normalized spacial score (nSPS) is 21.0. The lowest BCUT2D eigenvalue weighted by molar-refractivity contribution is -0.142. The summed E-state index contributed by atoms with van der Waals surface area (Å²) in [7, 11) is 3.12. The molecule has 1 aliphatic heterocycles. The van der Waals surface area contributed by atoms with Gasteiger partial charge in [0.25, 0.3) is 0 Å². The van der Waals surface area contributed by atoms with E-state index in [0.29, 0.717) is 12.3 Å². The molecule has 1 aliphatic rings. The van der Waals surface area contributed by atoms with Gasteiger partial charge < -0.3 is 14.4 Å². The topological polar surface area (TPSA) is 38.8 Å². The lowest BCUT2D eigenvalue weighted by atomic mass is 9.79. The minimum atomic E-state index is -0.279. The molecule has 0 fully saturated rings. The molecule has 0 aromatic heterocycles. The summed E-state index contributed by atoms with van der Waals surface area (Å²) in [5, 5.41) is 0. The van der Waals surface area contributed by atoms with Gasteiger partial charge in [-0.2, -0.15) is 0 Å². The van der Waals surface area contributed by atoms with Crippen molar-refractivity contribution in [1.82, 2.24) is 0 Å². The van der Waals surface area contributed by atoms with Crippen LogP contribution in [0.1, 0.15) is 52.0 Å². The number of esters is 1. The van der Waals surface area contributed by atoms with Gasteiger partial charge in [0.15, 0.2) is 0 Å². The number of nitrogens with zero attached hydrogens (tertiary/aromatic N) is 1. The molecule has 0 saturated heterocycles. The second-order valence-electron chi connectivity index (χ2n) is 6.66. The number of methoxy groups -OCH3 is 2. The fourth-order valence-electron chi connectivity index (χ4n) is 3.74. The number of ether oxygens (including phenoxy) is 2. The Balaban J connectivity index is 2.59. The van der Waals surface area contributed by atoms with E-state index in [1.807, 2.05) is 19.1 Å². The molecule has 0 bridgehead atoms. The first kappa shape index (κ1) is 16.7. The van der Waals surface area contributed by atoms with Gasteiger partial charge in [0.2, 0.25) is 0 Å². The van der Waals surface area contributed by atoms with Crippen LogP contribution in [-0.2, 0) is 9.53 Å². The molecule has 0 saturated carbocycles. The molecule has 0 unspecified atom stereocenters. The van der Waals surface area contributed by atoms with Crippen LogP contribution in [0.3, 0.4) is 0 Å². The first-order chi connectivity index (χ1) is 10.4. The van der Waals surface area contributed by atoms with E-state index in [0.717, 1.165) is 17.9 Å². The highest BCUT2D eigenvalue weighted by Crippen LogP contribution is 2.46. The SMILES string of the molecule is CC[C@@H](C(=O)OC)N1c2cc(OC)ccc2[C@H](C)CC1(C)C. The van der Waals surface area contributed by atoms with Crippen LogP contribution < -0.4 is 9.64 Å². The lowest BCUT2D eigenvalue weighted by Crippen LogP contribution is -2.56. The van der Waals surface area contributed by atoms with Gasteiger partial charge in [-0.3, -0.25) is 0 Å². The summed E-state index contributed by atoms with van der Waals surface area (Å²) in [5.41, 5.74) is 2.23. The molecule has 2 rings (SSSR count). The summed E-state index contributed by atoms with van der Waals surface area (Å²) < 4.78 is 10.4. The van der Waals surface area contributed by atoms with Crippen LogP contribution in [0.25, 0.3) is 0 Å². The van der Waals surface area contributed by atoms with Gasteiger partial charge in [0.1, 0.15) is 11.8 Å². The van der Waals surface area contributed by atoms with E-state index < -0.39 is 0 Å². The maximum atomic E-state index is 12.3. The fraction of sp³-hybridized carbons (Fsp3) is 0.611. The molecule has 0 N–H and O–H groups in total. The van der Waals surface area contributed by atoms with Gasteiger partial charge in [-0.05, 0) is 44.2 Å². The Kier molecular flexibility index (Phi) is 4.69. The first-order valence-corrected chi connectivity index (χ1v) is 7.90. The zero-order chi connectivity index (χ0) is 16.5. The molecule has 1 aromatic carbocycles. The molecule has 1 heterocycles. The maximum absolute atomic E-state index is 12.3. The molecule has 0 spiro atoms. The third kappa shape index (κ3) is 2.79. The molecule has 2 atom stereocenters. The Morgan fingerprint density at radius 3 is 2.64 bits per heavy atom. The van der Waals surface area contributed by atoms with Crippen molar-refractivity contribution >= 4 is 11.7 Å². The van der Waals surface area contributed by atoms with E-state index in [9.17, 15) is 4.79 Å². The van der Waals surface area contributed by atoms with Gasteiger partial charge in [-0.15, -0.1) is 0 Å². The Morgan fingerprint density at radius 2 is 2.09 bits per heavy atom. The van der Waals surface area contributed by atoms with Crippen LogP contribution in [0.2, 0.25) is 0 Å². The van der Waals surface area contributed by atoms with E-state index in [2.05, 4.69) is 31.7 Å². The number of carbonyl (C=O) groups is 1. The molecule has 122 valence electrons. The number of carbonyl (C=O) groups excluding carboxylic acids is 1.